The molecule has 0 aliphatic carbocycles. The number of aromatic nitrogens is 4. The summed E-state index contributed by atoms with van der Waals surface area (Å²) in [6.45, 7) is 6.05. The molecule has 0 atom stereocenters. The van der Waals surface area contributed by atoms with Crippen LogP contribution in [-0.4, -0.2) is 19.5 Å². The quantitative estimate of drug-likeness (QED) is 0.341. The predicted octanol–water partition coefficient (Wildman–Crippen LogP) is 5.67. The Labute approximate surface area is 196 Å². The molecule has 0 aliphatic heterocycles. The number of halogens is 2. The molecule has 9 heteroatoms. The predicted molar refractivity (Wildman–Crippen MR) is 126 cm³/mol. The van der Waals surface area contributed by atoms with Crippen molar-refractivity contribution in [1.82, 2.24) is 19.5 Å². The average Bonchev–Trinajstić information content (AvgIpc) is 3.16. The van der Waals surface area contributed by atoms with Gasteiger partial charge in [0.1, 0.15) is 23.2 Å². The fourth-order valence-electron chi connectivity index (χ4n) is 3.22. The zero-order valence-corrected chi connectivity index (χ0v) is 20.2. The van der Waals surface area contributed by atoms with Crippen molar-refractivity contribution in [2.45, 2.75) is 27.4 Å². The van der Waals surface area contributed by atoms with Gasteiger partial charge in [-0.05, 0) is 65.8 Å². The molecule has 0 fully saturated rings. The molecule has 0 amide bonds. The highest BCUT2D eigenvalue weighted by Crippen LogP contribution is 2.29. The number of ether oxygens (including phenoxy) is 1. The lowest BCUT2D eigenvalue weighted by Crippen LogP contribution is -2.24. The van der Waals surface area contributed by atoms with Crippen molar-refractivity contribution in [3.63, 3.8) is 0 Å². The number of hydrogen-bond donors (Lipinski definition) is 0. The van der Waals surface area contributed by atoms with E-state index in [2.05, 4.69) is 30.9 Å². The highest BCUT2D eigenvalue weighted by atomic mass is 79.9. The monoisotopic (exact) mass is 516 g/mol. The molecule has 0 radical (unpaired) electrons. The number of nitrogens with zero attached hydrogens (tertiary/aromatic N) is 4. The fraction of sp³-hybridized carbons (Fsp3) is 0.182. The van der Waals surface area contributed by atoms with E-state index in [9.17, 15) is 4.79 Å². The fourth-order valence-corrected chi connectivity index (χ4v) is 4.50. The summed E-state index contributed by atoms with van der Waals surface area (Å²) < 4.78 is 7.52. The normalized spacial score (nSPS) is 11.0. The van der Waals surface area contributed by atoms with Gasteiger partial charge in [0, 0.05) is 22.2 Å². The lowest BCUT2D eigenvalue weighted by Gasteiger charge is -2.15. The van der Waals surface area contributed by atoms with Gasteiger partial charge in [-0.1, -0.05) is 17.7 Å². The highest BCUT2D eigenvalue weighted by molar-refractivity contribution is 9.10. The van der Waals surface area contributed by atoms with E-state index in [1.807, 2.05) is 37.4 Å². The zero-order valence-electron chi connectivity index (χ0n) is 17.0. The van der Waals surface area contributed by atoms with E-state index in [0.29, 0.717) is 23.1 Å². The van der Waals surface area contributed by atoms with E-state index in [1.165, 1.54) is 15.8 Å². The van der Waals surface area contributed by atoms with Gasteiger partial charge in [-0.15, -0.1) is 11.3 Å². The number of benzene rings is 1. The molecule has 0 saturated carbocycles. The standard InChI is InChI=1S/C22H18BrClN4O2S/c1-12-8-25-11-26-20(12)16-4-5-17(24)18(7-16)28-14(3)27-21(19(23)22(28)29)30-9-15-6-13(2)31-10-15/h4-8,10-11H,9H2,1-3H3. The van der Waals surface area contributed by atoms with Gasteiger partial charge in [0.25, 0.3) is 5.56 Å². The van der Waals surface area contributed by atoms with Crippen LogP contribution in [-0.2, 0) is 6.61 Å². The van der Waals surface area contributed by atoms with Crippen LogP contribution in [0.2, 0.25) is 5.02 Å². The first kappa shape index (κ1) is 21.7. The second-order valence-corrected chi connectivity index (χ2v) is 9.31. The largest absolute Gasteiger partial charge is 0.472 e. The van der Waals surface area contributed by atoms with Crippen LogP contribution in [0.3, 0.4) is 0 Å². The van der Waals surface area contributed by atoms with Crippen molar-refractivity contribution in [3.8, 4) is 22.8 Å². The molecule has 4 aromatic rings. The zero-order chi connectivity index (χ0) is 22.1. The van der Waals surface area contributed by atoms with Crippen molar-refractivity contribution >= 4 is 38.9 Å². The Balaban J connectivity index is 1.75. The van der Waals surface area contributed by atoms with E-state index in [4.69, 9.17) is 16.3 Å². The number of rotatable bonds is 5. The van der Waals surface area contributed by atoms with Crippen LogP contribution in [0.5, 0.6) is 5.88 Å². The molecule has 3 heterocycles. The molecular weight excluding hydrogens is 500 g/mol. The number of hydrogen-bond acceptors (Lipinski definition) is 6. The van der Waals surface area contributed by atoms with Crippen molar-refractivity contribution in [2.24, 2.45) is 0 Å². The molecule has 31 heavy (non-hydrogen) atoms. The van der Waals surface area contributed by atoms with Gasteiger partial charge in [0.15, 0.2) is 0 Å². The molecule has 0 N–H and O–H groups in total. The Morgan fingerprint density at radius 3 is 2.74 bits per heavy atom. The van der Waals surface area contributed by atoms with Gasteiger partial charge in [-0.25, -0.2) is 9.97 Å². The van der Waals surface area contributed by atoms with Gasteiger partial charge in [-0.3, -0.25) is 9.36 Å². The van der Waals surface area contributed by atoms with Crippen molar-refractivity contribution < 1.29 is 4.74 Å². The van der Waals surface area contributed by atoms with Crippen LogP contribution >= 0.6 is 38.9 Å². The minimum atomic E-state index is -0.303. The third kappa shape index (κ3) is 4.42. The van der Waals surface area contributed by atoms with Crippen LogP contribution in [0.1, 0.15) is 21.8 Å². The molecule has 3 aromatic heterocycles. The maximum atomic E-state index is 13.2. The summed E-state index contributed by atoms with van der Waals surface area (Å²) in [7, 11) is 0. The Bertz CT molecular complexity index is 1340. The first-order valence-corrected chi connectivity index (χ1v) is 11.4. The second kappa shape index (κ2) is 8.90. The molecule has 1 aromatic carbocycles. The van der Waals surface area contributed by atoms with E-state index < -0.39 is 0 Å². The Morgan fingerprint density at radius 2 is 2.03 bits per heavy atom. The number of thiophene rings is 1. The topological polar surface area (TPSA) is 69.9 Å². The highest BCUT2D eigenvalue weighted by Gasteiger charge is 2.18. The second-order valence-electron chi connectivity index (χ2n) is 6.99. The summed E-state index contributed by atoms with van der Waals surface area (Å²) in [6.07, 6.45) is 3.24. The molecule has 4 rings (SSSR count). The van der Waals surface area contributed by atoms with Gasteiger partial charge >= 0.3 is 0 Å². The molecule has 0 bridgehead atoms. The maximum Gasteiger partial charge on any atom is 0.276 e. The first-order valence-electron chi connectivity index (χ1n) is 9.38. The van der Waals surface area contributed by atoms with E-state index >= 15 is 0 Å². The molecule has 158 valence electrons. The third-order valence-electron chi connectivity index (χ3n) is 4.68. The average molecular weight is 518 g/mol. The summed E-state index contributed by atoms with van der Waals surface area (Å²) in [5.74, 6) is 0.713. The summed E-state index contributed by atoms with van der Waals surface area (Å²) in [6, 6.07) is 7.49. The molecule has 0 aliphatic rings. The molecule has 6 nitrogen and oxygen atoms in total. The van der Waals surface area contributed by atoms with E-state index in [0.717, 1.165) is 22.4 Å². The van der Waals surface area contributed by atoms with Gasteiger partial charge < -0.3 is 4.74 Å². The Kier molecular flexibility index (Phi) is 6.22. The van der Waals surface area contributed by atoms with Crippen molar-refractivity contribution in [2.75, 3.05) is 0 Å². The van der Waals surface area contributed by atoms with Crippen molar-refractivity contribution in [3.05, 3.63) is 83.8 Å². The van der Waals surface area contributed by atoms with Gasteiger partial charge in [0.2, 0.25) is 5.88 Å². The number of aryl methyl sites for hydroxylation is 3. The minimum Gasteiger partial charge on any atom is -0.472 e. The summed E-state index contributed by atoms with van der Waals surface area (Å²) in [4.78, 5) is 27.3. The molecular formula is C22H18BrClN4O2S. The summed E-state index contributed by atoms with van der Waals surface area (Å²) >= 11 is 11.5. The van der Waals surface area contributed by atoms with Gasteiger partial charge in [0.05, 0.1) is 16.4 Å². The molecule has 0 spiro atoms. The van der Waals surface area contributed by atoms with Crippen LogP contribution < -0.4 is 10.3 Å². The third-order valence-corrected chi connectivity index (χ3v) is 6.59. The van der Waals surface area contributed by atoms with Crippen LogP contribution in [0.4, 0.5) is 0 Å². The van der Waals surface area contributed by atoms with Crippen molar-refractivity contribution in [1.29, 1.82) is 0 Å². The summed E-state index contributed by atoms with van der Waals surface area (Å²) in [5.41, 5.74) is 3.78. The Hall–Kier alpha value is -2.55. The summed E-state index contributed by atoms with van der Waals surface area (Å²) in [5, 5.41) is 2.45. The Morgan fingerprint density at radius 1 is 1.23 bits per heavy atom. The lowest BCUT2D eigenvalue weighted by atomic mass is 10.1. The first-order chi connectivity index (χ1) is 14.8. The molecule has 0 unspecified atom stereocenters. The maximum absolute atomic E-state index is 13.2. The van der Waals surface area contributed by atoms with Gasteiger partial charge in [-0.2, -0.15) is 4.98 Å². The minimum absolute atomic E-state index is 0.240. The lowest BCUT2D eigenvalue weighted by molar-refractivity contribution is 0.289. The van der Waals surface area contributed by atoms with E-state index in [-0.39, 0.29) is 15.9 Å². The van der Waals surface area contributed by atoms with Crippen LogP contribution in [0.25, 0.3) is 16.9 Å². The van der Waals surface area contributed by atoms with Crippen LogP contribution in [0, 0.1) is 20.8 Å². The smallest absolute Gasteiger partial charge is 0.276 e. The van der Waals surface area contributed by atoms with E-state index in [1.54, 1.807) is 30.5 Å². The SMILES string of the molecule is Cc1cc(COc2nc(C)n(-c3cc(-c4ncncc4C)ccc3Cl)c(=O)c2Br)cs1. The van der Waals surface area contributed by atoms with Crippen LogP contribution in [0.15, 0.2) is 51.4 Å². The molecule has 0 saturated heterocycles.